The number of amides is 1. The van der Waals surface area contributed by atoms with Gasteiger partial charge in [0.1, 0.15) is 6.04 Å². The van der Waals surface area contributed by atoms with E-state index in [1.807, 2.05) is 13.0 Å². The fraction of sp³-hybridized carbons (Fsp3) is 0.571. The van der Waals surface area contributed by atoms with E-state index in [0.29, 0.717) is 0 Å². The number of aliphatic carboxylic acids is 1. The average Bonchev–Trinajstić information content (AvgIpc) is 2.42. The highest BCUT2D eigenvalue weighted by molar-refractivity contribution is 5.86. The Kier molecular flexibility index (Phi) is 9.32. The summed E-state index contributed by atoms with van der Waals surface area (Å²) in [6.45, 7) is 7.46. The maximum Gasteiger partial charge on any atom is 0.326 e. The molecule has 0 aromatic rings. The number of carbonyl (C=O) groups is 2. The Morgan fingerprint density at radius 1 is 1.45 bits per heavy atom. The minimum absolute atomic E-state index is 0.218. The largest absolute Gasteiger partial charge is 0.480 e. The highest BCUT2D eigenvalue weighted by atomic mass is 16.5. The van der Waals surface area contributed by atoms with E-state index in [1.54, 1.807) is 13.0 Å². The second-order valence-electron chi connectivity index (χ2n) is 4.35. The monoisotopic (exact) mass is 284 g/mol. The van der Waals surface area contributed by atoms with E-state index < -0.39 is 18.1 Å². The maximum absolute atomic E-state index is 11.9. The Morgan fingerprint density at radius 3 is 2.55 bits per heavy atom. The van der Waals surface area contributed by atoms with Gasteiger partial charge in [0.25, 0.3) is 0 Å². The van der Waals surface area contributed by atoms with Gasteiger partial charge in [0.05, 0.1) is 12.8 Å². The molecule has 0 aliphatic carbocycles. The fourth-order valence-corrected chi connectivity index (χ4v) is 1.55. The SMILES string of the molecule is C=C/C(=C\CC)C[C@H](NC(=O)[C@H](C)NCOC)C(=O)O. The summed E-state index contributed by atoms with van der Waals surface area (Å²) >= 11 is 0. The summed E-state index contributed by atoms with van der Waals surface area (Å²) in [4.78, 5) is 23.1. The molecule has 1 amide bonds. The van der Waals surface area contributed by atoms with Gasteiger partial charge in [-0.05, 0) is 18.9 Å². The topological polar surface area (TPSA) is 87.7 Å². The van der Waals surface area contributed by atoms with Crippen molar-refractivity contribution in [2.45, 2.75) is 38.8 Å². The van der Waals surface area contributed by atoms with Crippen LogP contribution < -0.4 is 10.6 Å². The molecule has 114 valence electrons. The van der Waals surface area contributed by atoms with Crippen LogP contribution in [0, 0.1) is 0 Å². The lowest BCUT2D eigenvalue weighted by atomic mass is 10.0. The van der Waals surface area contributed by atoms with Crippen molar-refractivity contribution in [1.29, 1.82) is 0 Å². The molecule has 0 bridgehead atoms. The zero-order valence-corrected chi connectivity index (χ0v) is 12.3. The molecule has 0 fully saturated rings. The minimum Gasteiger partial charge on any atom is -0.480 e. The van der Waals surface area contributed by atoms with Crippen LogP contribution in [-0.4, -0.2) is 42.9 Å². The Balaban J connectivity index is 4.62. The van der Waals surface area contributed by atoms with Gasteiger partial charge in [0.15, 0.2) is 0 Å². The van der Waals surface area contributed by atoms with Crippen molar-refractivity contribution >= 4 is 11.9 Å². The predicted molar refractivity (Wildman–Crippen MR) is 77.2 cm³/mol. The number of carboxylic acids is 1. The number of methoxy groups -OCH3 is 1. The summed E-state index contributed by atoms with van der Waals surface area (Å²) in [5.74, 6) is -1.45. The second kappa shape index (κ2) is 10.2. The molecule has 0 saturated carbocycles. The number of carbonyl (C=O) groups excluding carboxylic acids is 1. The number of hydrogen-bond acceptors (Lipinski definition) is 4. The van der Waals surface area contributed by atoms with Crippen LogP contribution in [0.5, 0.6) is 0 Å². The van der Waals surface area contributed by atoms with Gasteiger partial charge < -0.3 is 15.2 Å². The highest BCUT2D eigenvalue weighted by Crippen LogP contribution is 2.08. The van der Waals surface area contributed by atoms with Crippen LogP contribution in [-0.2, 0) is 14.3 Å². The van der Waals surface area contributed by atoms with Crippen molar-refractivity contribution in [1.82, 2.24) is 10.6 Å². The van der Waals surface area contributed by atoms with E-state index in [9.17, 15) is 14.7 Å². The molecular weight excluding hydrogens is 260 g/mol. The number of hydrogen-bond donors (Lipinski definition) is 3. The summed E-state index contributed by atoms with van der Waals surface area (Å²) in [5.41, 5.74) is 0.803. The summed E-state index contributed by atoms with van der Waals surface area (Å²) in [6, 6.07) is -1.50. The summed E-state index contributed by atoms with van der Waals surface area (Å²) in [7, 11) is 1.50. The molecule has 0 aliphatic heterocycles. The lowest BCUT2D eigenvalue weighted by molar-refractivity contribution is -0.142. The Bertz CT molecular complexity index is 366. The molecule has 0 rings (SSSR count). The maximum atomic E-state index is 11.9. The van der Waals surface area contributed by atoms with Crippen molar-refractivity contribution in [2.24, 2.45) is 0 Å². The van der Waals surface area contributed by atoms with Crippen LogP contribution in [0.1, 0.15) is 26.7 Å². The molecule has 0 aliphatic rings. The van der Waals surface area contributed by atoms with Gasteiger partial charge in [0, 0.05) is 13.5 Å². The van der Waals surface area contributed by atoms with Gasteiger partial charge in [-0.3, -0.25) is 10.1 Å². The molecule has 0 aromatic carbocycles. The van der Waals surface area contributed by atoms with Gasteiger partial charge >= 0.3 is 5.97 Å². The quantitative estimate of drug-likeness (QED) is 0.412. The normalized spacial score (nSPS) is 14.4. The smallest absolute Gasteiger partial charge is 0.326 e. The van der Waals surface area contributed by atoms with Crippen molar-refractivity contribution in [3.63, 3.8) is 0 Å². The molecule has 0 unspecified atom stereocenters. The summed E-state index contributed by atoms with van der Waals surface area (Å²) in [5, 5.41) is 14.5. The van der Waals surface area contributed by atoms with Crippen LogP contribution >= 0.6 is 0 Å². The van der Waals surface area contributed by atoms with Crippen LogP contribution in [0.3, 0.4) is 0 Å². The van der Waals surface area contributed by atoms with E-state index in [1.165, 1.54) is 7.11 Å². The molecule has 6 nitrogen and oxygen atoms in total. The van der Waals surface area contributed by atoms with E-state index in [4.69, 9.17) is 4.74 Å². The first-order valence-corrected chi connectivity index (χ1v) is 6.53. The number of rotatable bonds is 10. The molecule has 3 N–H and O–H groups in total. The zero-order chi connectivity index (χ0) is 15.5. The highest BCUT2D eigenvalue weighted by Gasteiger charge is 2.23. The minimum atomic E-state index is -1.07. The Hall–Kier alpha value is -1.66. The number of nitrogens with one attached hydrogen (secondary N) is 2. The third-order valence-corrected chi connectivity index (χ3v) is 2.71. The van der Waals surface area contributed by atoms with Gasteiger partial charge in [-0.15, -0.1) is 0 Å². The molecular formula is C14H24N2O4. The lowest BCUT2D eigenvalue weighted by Crippen LogP contribution is -2.49. The van der Waals surface area contributed by atoms with Crippen LogP contribution in [0.15, 0.2) is 24.3 Å². The summed E-state index contributed by atoms with van der Waals surface area (Å²) < 4.78 is 4.80. The standard InChI is InChI=1S/C14H24N2O4/c1-5-7-11(6-2)8-12(14(18)19)16-13(17)10(3)15-9-20-4/h6-7,10,12,15H,2,5,8-9H2,1,3-4H3,(H,16,17)(H,18,19)/b11-7+/t10-,12-/m0/s1. The third-order valence-electron chi connectivity index (χ3n) is 2.71. The molecule has 2 atom stereocenters. The van der Waals surface area contributed by atoms with Gasteiger partial charge in [-0.25, -0.2) is 4.79 Å². The Morgan fingerprint density at radius 2 is 2.10 bits per heavy atom. The average molecular weight is 284 g/mol. The van der Waals surface area contributed by atoms with E-state index in [-0.39, 0.29) is 19.1 Å². The third kappa shape index (κ3) is 7.06. The fourth-order valence-electron chi connectivity index (χ4n) is 1.55. The number of allylic oxidation sites excluding steroid dienone is 2. The zero-order valence-electron chi connectivity index (χ0n) is 12.3. The van der Waals surface area contributed by atoms with Crippen LogP contribution in [0.25, 0.3) is 0 Å². The first kappa shape index (κ1) is 18.3. The van der Waals surface area contributed by atoms with Crippen molar-refractivity contribution in [2.75, 3.05) is 13.8 Å². The molecule has 20 heavy (non-hydrogen) atoms. The molecule has 0 aromatic heterocycles. The van der Waals surface area contributed by atoms with E-state index >= 15 is 0 Å². The molecule has 6 heteroatoms. The molecule has 0 heterocycles. The van der Waals surface area contributed by atoms with Crippen molar-refractivity contribution < 1.29 is 19.4 Å². The Labute approximate surface area is 119 Å². The first-order chi connectivity index (χ1) is 9.46. The molecule has 0 radical (unpaired) electrons. The predicted octanol–water partition coefficient (Wildman–Crippen LogP) is 1.05. The van der Waals surface area contributed by atoms with Crippen LogP contribution in [0.2, 0.25) is 0 Å². The van der Waals surface area contributed by atoms with Gasteiger partial charge in [-0.2, -0.15) is 0 Å². The first-order valence-electron chi connectivity index (χ1n) is 6.53. The lowest BCUT2D eigenvalue weighted by Gasteiger charge is -2.19. The van der Waals surface area contributed by atoms with Crippen molar-refractivity contribution in [3.05, 3.63) is 24.3 Å². The number of carboxylic acid groups (broad SMARTS) is 1. The van der Waals surface area contributed by atoms with E-state index in [2.05, 4.69) is 17.2 Å². The van der Waals surface area contributed by atoms with E-state index in [0.717, 1.165) is 12.0 Å². The van der Waals surface area contributed by atoms with Gasteiger partial charge in [0.2, 0.25) is 5.91 Å². The number of ether oxygens (including phenoxy) is 1. The van der Waals surface area contributed by atoms with Crippen LogP contribution in [0.4, 0.5) is 0 Å². The molecule has 0 spiro atoms. The van der Waals surface area contributed by atoms with Gasteiger partial charge in [-0.1, -0.05) is 25.7 Å². The summed E-state index contributed by atoms with van der Waals surface area (Å²) in [6.07, 6.45) is 4.50. The second-order valence-corrected chi connectivity index (χ2v) is 4.35. The molecule has 0 saturated heterocycles. The van der Waals surface area contributed by atoms with Crippen molar-refractivity contribution in [3.8, 4) is 0 Å².